The number of urea groups is 1. The molecule has 0 aliphatic carbocycles. The molecule has 1 aliphatic rings. The molecule has 2 atom stereocenters. The summed E-state index contributed by atoms with van der Waals surface area (Å²) >= 11 is 0. The molecule has 0 aromatic rings. The fourth-order valence-corrected chi connectivity index (χ4v) is 2.01. The van der Waals surface area contributed by atoms with Gasteiger partial charge in [0.25, 0.3) is 0 Å². The molecule has 0 unspecified atom stereocenters. The number of piperazine rings is 1. The average Bonchev–Trinajstić information content (AvgIpc) is 2.30. The molecule has 3 amide bonds. The molecule has 1 saturated heterocycles. The van der Waals surface area contributed by atoms with Crippen molar-refractivity contribution in [3.63, 3.8) is 0 Å². The van der Waals surface area contributed by atoms with Crippen LogP contribution in [-0.4, -0.2) is 42.0 Å². The van der Waals surface area contributed by atoms with Crippen molar-refractivity contribution in [3.05, 3.63) is 0 Å². The van der Waals surface area contributed by atoms with Crippen molar-refractivity contribution in [2.24, 2.45) is 5.92 Å². The summed E-state index contributed by atoms with van der Waals surface area (Å²) in [5.74, 6) is 0.565. The van der Waals surface area contributed by atoms with Gasteiger partial charge >= 0.3 is 6.03 Å². The Balaban J connectivity index is 2.41. The molecule has 1 rings (SSSR count). The summed E-state index contributed by atoms with van der Waals surface area (Å²) in [6.07, 6.45) is 2.06. The summed E-state index contributed by atoms with van der Waals surface area (Å²) in [6.45, 7) is 9.23. The Morgan fingerprint density at radius 3 is 2.72 bits per heavy atom. The fourth-order valence-electron chi connectivity index (χ4n) is 2.01. The Labute approximate surface area is 109 Å². The topological polar surface area (TPSA) is 61.4 Å². The van der Waals surface area contributed by atoms with Crippen molar-refractivity contribution in [1.82, 2.24) is 15.5 Å². The van der Waals surface area contributed by atoms with Crippen molar-refractivity contribution >= 4 is 11.9 Å². The van der Waals surface area contributed by atoms with E-state index in [1.54, 1.807) is 11.8 Å². The maximum absolute atomic E-state index is 12.0. The van der Waals surface area contributed by atoms with Crippen molar-refractivity contribution in [2.75, 3.05) is 13.1 Å². The summed E-state index contributed by atoms with van der Waals surface area (Å²) in [4.78, 5) is 25.1. The van der Waals surface area contributed by atoms with E-state index in [-0.39, 0.29) is 24.0 Å². The molecule has 0 aromatic heterocycles. The maximum Gasteiger partial charge on any atom is 0.318 e. The highest BCUT2D eigenvalue weighted by Gasteiger charge is 2.29. The molecule has 5 nitrogen and oxygen atoms in total. The van der Waals surface area contributed by atoms with E-state index in [4.69, 9.17) is 0 Å². The summed E-state index contributed by atoms with van der Waals surface area (Å²) in [5, 5.41) is 5.71. The minimum atomic E-state index is -0.379. The van der Waals surface area contributed by atoms with Crippen molar-refractivity contribution in [1.29, 1.82) is 0 Å². The number of hydrogen-bond donors (Lipinski definition) is 2. The first-order valence-electron chi connectivity index (χ1n) is 6.76. The van der Waals surface area contributed by atoms with Crippen molar-refractivity contribution in [3.8, 4) is 0 Å². The number of nitrogens with zero attached hydrogens (tertiary/aromatic N) is 1. The highest BCUT2D eigenvalue weighted by molar-refractivity contribution is 5.87. The second-order valence-electron chi connectivity index (χ2n) is 5.48. The van der Waals surface area contributed by atoms with Gasteiger partial charge in [-0.25, -0.2) is 4.79 Å². The first-order valence-corrected chi connectivity index (χ1v) is 6.76. The minimum absolute atomic E-state index is 0.0776. The van der Waals surface area contributed by atoms with Crippen LogP contribution in [0.25, 0.3) is 0 Å². The van der Waals surface area contributed by atoms with Gasteiger partial charge in [0.05, 0.1) is 0 Å². The standard InChI is InChI=1S/C13H25N3O2/c1-9(2)5-6-10(3)15-13(18)16-8-7-14-12(17)11(16)4/h9-11H,5-8H2,1-4H3,(H,14,17)(H,15,18)/t10-,11-/m0/s1. The SMILES string of the molecule is CC(C)CC[C@H](C)NC(=O)N1CCNC(=O)[C@@H]1C. The third-order valence-corrected chi connectivity index (χ3v) is 3.31. The highest BCUT2D eigenvalue weighted by Crippen LogP contribution is 2.08. The second kappa shape index (κ2) is 6.61. The molecule has 1 fully saturated rings. The summed E-state index contributed by atoms with van der Waals surface area (Å²) in [6, 6.07) is -0.359. The van der Waals surface area contributed by atoms with E-state index >= 15 is 0 Å². The van der Waals surface area contributed by atoms with E-state index in [2.05, 4.69) is 24.5 Å². The van der Waals surface area contributed by atoms with Gasteiger partial charge in [0.1, 0.15) is 6.04 Å². The lowest BCUT2D eigenvalue weighted by atomic mass is 10.0. The van der Waals surface area contributed by atoms with Gasteiger partial charge in [0, 0.05) is 19.1 Å². The Morgan fingerprint density at radius 2 is 2.11 bits per heavy atom. The number of rotatable bonds is 4. The van der Waals surface area contributed by atoms with Crippen LogP contribution in [0, 0.1) is 5.92 Å². The highest BCUT2D eigenvalue weighted by atomic mass is 16.2. The molecule has 0 aromatic carbocycles. The molecular weight excluding hydrogens is 230 g/mol. The molecule has 0 saturated carbocycles. The Morgan fingerprint density at radius 1 is 1.44 bits per heavy atom. The number of carbonyl (C=O) groups excluding carboxylic acids is 2. The summed E-state index contributed by atoms with van der Waals surface area (Å²) in [7, 11) is 0. The number of carbonyl (C=O) groups is 2. The first kappa shape index (κ1) is 14.8. The number of nitrogens with one attached hydrogen (secondary N) is 2. The maximum atomic E-state index is 12.0. The Hall–Kier alpha value is -1.26. The van der Waals surface area contributed by atoms with Gasteiger partial charge in [-0.15, -0.1) is 0 Å². The van der Waals surface area contributed by atoms with E-state index in [9.17, 15) is 9.59 Å². The van der Waals surface area contributed by atoms with Gasteiger partial charge in [0.15, 0.2) is 0 Å². The lowest BCUT2D eigenvalue weighted by molar-refractivity contribution is -0.126. The van der Waals surface area contributed by atoms with E-state index in [0.29, 0.717) is 19.0 Å². The smallest absolute Gasteiger partial charge is 0.318 e. The van der Waals surface area contributed by atoms with E-state index in [0.717, 1.165) is 12.8 Å². The van der Waals surface area contributed by atoms with Crippen molar-refractivity contribution < 1.29 is 9.59 Å². The average molecular weight is 255 g/mol. The zero-order valence-corrected chi connectivity index (χ0v) is 11.8. The molecule has 0 radical (unpaired) electrons. The Bertz CT molecular complexity index is 305. The number of amides is 3. The van der Waals surface area contributed by atoms with Crippen LogP contribution in [0.5, 0.6) is 0 Å². The molecule has 18 heavy (non-hydrogen) atoms. The van der Waals surface area contributed by atoms with Gasteiger partial charge in [-0.1, -0.05) is 13.8 Å². The number of hydrogen-bond acceptors (Lipinski definition) is 2. The van der Waals surface area contributed by atoms with Crippen LogP contribution in [0.2, 0.25) is 0 Å². The summed E-state index contributed by atoms with van der Waals surface area (Å²) in [5.41, 5.74) is 0. The van der Waals surface area contributed by atoms with Crippen LogP contribution in [0.15, 0.2) is 0 Å². The van der Waals surface area contributed by atoms with E-state index < -0.39 is 0 Å². The molecule has 2 N–H and O–H groups in total. The van der Waals surface area contributed by atoms with Gasteiger partial charge < -0.3 is 15.5 Å². The lowest BCUT2D eigenvalue weighted by Gasteiger charge is -2.33. The van der Waals surface area contributed by atoms with Crippen molar-refractivity contribution in [2.45, 2.75) is 52.6 Å². The summed E-state index contributed by atoms with van der Waals surface area (Å²) < 4.78 is 0. The van der Waals surface area contributed by atoms with Crippen LogP contribution in [0.3, 0.4) is 0 Å². The molecule has 104 valence electrons. The lowest BCUT2D eigenvalue weighted by Crippen LogP contribution is -2.59. The van der Waals surface area contributed by atoms with Crippen LogP contribution in [-0.2, 0) is 4.79 Å². The molecule has 1 heterocycles. The zero-order chi connectivity index (χ0) is 13.7. The van der Waals surface area contributed by atoms with Crippen LogP contribution in [0.4, 0.5) is 4.79 Å². The third-order valence-electron chi connectivity index (χ3n) is 3.31. The van der Waals surface area contributed by atoms with E-state index in [1.807, 2.05) is 6.92 Å². The largest absolute Gasteiger partial charge is 0.353 e. The molecule has 0 bridgehead atoms. The monoisotopic (exact) mass is 255 g/mol. The van der Waals surface area contributed by atoms with Gasteiger partial charge in [-0.3, -0.25) is 4.79 Å². The molecule has 1 aliphatic heterocycles. The first-order chi connectivity index (χ1) is 8.41. The van der Waals surface area contributed by atoms with Gasteiger partial charge in [-0.2, -0.15) is 0 Å². The predicted octanol–water partition coefficient (Wildman–Crippen LogP) is 1.34. The zero-order valence-electron chi connectivity index (χ0n) is 11.8. The van der Waals surface area contributed by atoms with Crippen LogP contribution in [0.1, 0.15) is 40.5 Å². The fraction of sp³-hybridized carbons (Fsp3) is 0.846. The minimum Gasteiger partial charge on any atom is -0.353 e. The second-order valence-corrected chi connectivity index (χ2v) is 5.48. The molecular formula is C13H25N3O2. The van der Waals surface area contributed by atoms with Crippen LogP contribution >= 0.6 is 0 Å². The third kappa shape index (κ3) is 4.20. The predicted molar refractivity (Wildman–Crippen MR) is 71.2 cm³/mol. The molecule has 5 heteroatoms. The van der Waals surface area contributed by atoms with E-state index in [1.165, 1.54) is 0 Å². The van der Waals surface area contributed by atoms with Crippen LogP contribution < -0.4 is 10.6 Å². The normalized spacial score (nSPS) is 21.7. The van der Waals surface area contributed by atoms with Gasteiger partial charge in [0.2, 0.25) is 5.91 Å². The Kier molecular flexibility index (Phi) is 5.44. The van der Waals surface area contributed by atoms with Gasteiger partial charge in [-0.05, 0) is 32.6 Å². The quantitative estimate of drug-likeness (QED) is 0.796. The molecule has 0 spiro atoms.